The first-order valence-electron chi connectivity index (χ1n) is 17.0. The van der Waals surface area contributed by atoms with Crippen molar-refractivity contribution >= 4 is 24.2 Å². The van der Waals surface area contributed by atoms with Crippen LogP contribution in [0, 0.1) is 0 Å². The lowest BCUT2D eigenvalue weighted by Crippen LogP contribution is -2.45. The third kappa shape index (κ3) is 9.67. The van der Waals surface area contributed by atoms with Crippen molar-refractivity contribution in [3.05, 3.63) is 71.5 Å². The number of carbonyl (C=O) groups excluding carboxylic acids is 3. The third-order valence-corrected chi connectivity index (χ3v) is 8.37. The van der Waals surface area contributed by atoms with Gasteiger partial charge < -0.3 is 34.4 Å². The van der Waals surface area contributed by atoms with Crippen molar-refractivity contribution in [2.75, 3.05) is 50.9 Å². The van der Waals surface area contributed by atoms with Gasteiger partial charge in [0, 0.05) is 38.5 Å². The quantitative estimate of drug-likeness (QED) is 0.338. The van der Waals surface area contributed by atoms with E-state index in [-0.39, 0.29) is 45.1 Å². The molecule has 1 fully saturated rings. The predicted molar refractivity (Wildman–Crippen MR) is 187 cm³/mol. The summed E-state index contributed by atoms with van der Waals surface area (Å²) < 4.78 is 16.8. The van der Waals surface area contributed by atoms with E-state index in [0.29, 0.717) is 18.8 Å². The fraction of sp³-hybridized carbons (Fsp3) is 0.500. The van der Waals surface area contributed by atoms with Gasteiger partial charge in [0.2, 0.25) is 0 Å². The molecular formula is C36H47N7O8. The van der Waals surface area contributed by atoms with Crippen molar-refractivity contribution < 1.29 is 38.5 Å². The summed E-state index contributed by atoms with van der Waals surface area (Å²) in [6.07, 6.45) is -0.501. The summed E-state index contributed by atoms with van der Waals surface area (Å²) in [7, 11) is 0. The number of carboxylic acids is 1. The third-order valence-electron chi connectivity index (χ3n) is 8.37. The van der Waals surface area contributed by atoms with Gasteiger partial charge >= 0.3 is 24.2 Å². The van der Waals surface area contributed by atoms with E-state index in [1.807, 2.05) is 48.5 Å². The molecule has 2 aromatic carbocycles. The summed E-state index contributed by atoms with van der Waals surface area (Å²) >= 11 is 0. The number of ether oxygens (including phenoxy) is 3. The van der Waals surface area contributed by atoms with Gasteiger partial charge in [-0.15, -0.1) is 5.10 Å². The van der Waals surface area contributed by atoms with Crippen LogP contribution in [0.2, 0.25) is 0 Å². The maximum absolute atomic E-state index is 13.1. The number of carboxylic acid groups (broad SMARTS) is 1. The molecular weight excluding hydrogens is 658 g/mol. The van der Waals surface area contributed by atoms with Crippen molar-refractivity contribution in [1.29, 1.82) is 0 Å². The monoisotopic (exact) mass is 705 g/mol. The highest BCUT2D eigenvalue weighted by molar-refractivity contribution is 5.81. The smallest absolute Gasteiger partial charge is 0.410 e. The van der Waals surface area contributed by atoms with Gasteiger partial charge in [-0.3, -0.25) is 5.01 Å². The molecule has 2 N–H and O–H groups in total. The number of benzene rings is 2. The number of nitrogens with one attached hydrogen (secondary N) is 1. The Hall–Kier alpha value is -5.34. The van der Waals surface area contributed by atoms with Crippen LogP contribution in [-0.4, -0.2) is 117 Å². The second kappa shape index (κ2) is 15.3. The largest absolute Gasteiger partial charge is 0.480 e. The van der Waals surface area contributed by atoms with E-state index in [0.717, 1.165) is 22.3 Å². The molecule has 1 aromatic heterocycles. The number of aromatic nitrogens is 3. The maximum Gasteiger partial charge on any atom is 0.410 e. The second-order valence-electron chi connectivity index (χ2n) is 14.6. The summed E-state index contributed by atoms with van der Waals surface area (Å²) in [4.78, 5) is 55.7. The van der Waals surface area contributed by atoms with Gasteiger partial charge in [-0.05, 0) is 69.0 Å². The summed E-state index contributed by atoms with van der Waals surface area (Å²) in [5.74, 6) is -1.44. The average molecular weight is 706 g/mol. The molecule has 15 nitrogen and oxygen atoms in total. The molecule has 5 rings (SSSR count). The molecule has 15 heteroatoms. The highest BCUT2D eigenvalue weighted by Crippen LogP contribution is 2.44. The van der Waals surface area contributed by atoms with Crippen LogP contribution in [0.4, 0.5) is 14.4 Å². The van der Waals surface area contributed by atoms with Crippen LogP contribution in [0.3, 0.4) is 0 Å². The highest BCUT2D eigenvalue weighted by Gasteiger charge is 2.31. The summed E-state index contributed by atoms with van der Waals surface area (Å²) in [5, 5.41) is 22.6. The Kier molecular flexibility index (Phi) is 11.1. The summed E-state index contributed by atoms with van der Waals surface area (Å²) in [6, 6.07) is 14.5. The molecule has 0 spiro atoms. The van der Waals surface area contributed by atoms with Gasteiger partial charge in [0.25, 0.3) is 0 Å². The van der Waals surface area contributed by atoms with Crippen molar-refractivity contribution in [1.82, 2.24) is 30.2 Å². The zero-order valence-corrected chi connectivity index (χ0v) is 30.0. The van der Waals surface area contributed by atoms with Crippen LogP contribution in [0.1, 0.15) is 64.3 Å². The number of carbonyl (C=O) groups is 4. The van der Waals surface area contributed by atoms with E-state index in [9.17, 15) is 24.3 Å². The van der Waals surface area contributed by atoms with Crippen molar-refractivity contribution in [3.8, 4) is 11.1 Å². The molecule has 1 saturated heterocycles. The molecule has 1 aliphatic heterocycles. The van der Waals surface area contributed by atoms with E-state index in [1.54, 1.807) is 52.7 Å². The average Bonchev–Trinajstić information content (AvgIpc) is 3.66. The molecule has 274 valence electrons. The standard InChI is InChI=1S/C36H47N7O8/c1-35(2,3)50-33(47)40-15-16-41(34(48)51-36(4,5)6)18-20-42(19-17-40)43-22-24(38-39-43)21-30(31(44)45)37-32(46)49-23-29-27-13-9-7-11-25(27)26-12-8-10-14-28(26)29/h7-14,22,29-30H,15-21,23H2,1-6H3,(H,37,46)(H,44,45)/t30-/m0/s1. The van der Waals surface area contributed by atoms with E-state index >= 15 is 0 Å². The number of nitrogens with zero attached hydrogens (tertiary/aromatic N) is 6. The fourth-order valence-corrected chi connectivity index (χ4v) is 5.98. The Morgan fingerprint density at radius 3 is 1.78 bits per heavy atom. The lowest BCUT2D eigenvalue weighted by Gasteiger charge is -2.29. The topological polar surface area (TPSA) is 169 Å². The van der Waals surface area contributed by atoms with Crippen LogP contribution in [0.15, 0.2) is 54.7 Å². The highest BCUT2D eigenvalue weighted by atomic mass is 16.6. The first-order chi connectivity index (χ1) is 24.1. The lowest BCUT2D eigenvalue weighted by molar-refractivity contribution is -0.139. The predicted octanol–water partition coefficient (Wildman–Crippen LogP) is 4.24. The van der Waals surface area contributed by atoms with Crippen LogP contribution in [-0.2, 0) is 25.4 Å². The first kappa shape index (κ1) is 36.9. The minimum absolute atomic E-state index is 0.0397. The lowest BCUT2D eigenvalue weighted by atomic mass is 9.98. The molecule has 0 unspecified atom stereocenters. The van der Waals surface area contributed by atoms with Gasteiger partial charge in [0.1, 0.15) is 23.9 Å². The molecule has 0 radical (unpaired) electrons. The van der Waals surface area contributed by atoms with Crippen LogP contribution >= 0.6 is 0 Å². The summed E-state index contributed by atoms with van der Waals surface area (Å²) in [5.41, 5.74) is 3.13. The van der Waals surface area contributed by atoms with Crippen molar-refractivity contribution in [2.45, 2.75) is 71.1 Å². The van der Waals surface area contributed by atoms with Crippen LogP contribution in [0.25, 0.3) is 11.1 Å². The Morgan fingerprint density at radius 1 is 0.804 bits per heavy atom. The number of hydrogen-bond acceptors (Lipinski definition) is 10. The number of amides is 3. The molecule has 0 bridgehead atoms. The van der Waals surface area contributed by atoms with E-state index in [1.165, 1.54) is 14.6 Å². The van der Waals surface area contributed by atoms with Crippen molar-refractivity contribution in [3.63, 3.8) is 0 Å². The second-order valence-corrected chi connectivity index (χ2v) is 14.6. The van der Waals surface area contributed by atoms with Gasteiger partial charge in [0.15, 0.2) is 0 Å². The Balaban J connectivity index is 1.24. The number of aliphatic carboxylic acids is 1. The number of fused-ring (bicyclic) bond motifs is 3. The molecule has 1 aliphatic carbocycles. The number of alkyl carbamates (subject to hydrolysis) is 1. The zero-order valence-electron chi connectivity index (χ0n) is 30.0. The zero-order chi connectivity index (χ0) is 36.9. The Labute approximate surface area is 297 Å². The number of hydrogen-bond donors (Lipinski definition) is 2. The van der Waals surface area contributed by atoms with E-state index < -0.39 is 41.5 Å². The molecule has 2 aliphatic rings. The normalized spacial score (nSPS) is 15.8. The summed E-state index contributed by atoms with van der Waals surface area (Å²) in [6.45, 7) is 12.3. The molecule has 0 saturated carbocycles. The van der Waals surface area contributed by atoms with Crippen molar-refractivity contribution in [2.24, 2.45) is 0 Å². The maximum atomic E-state index is 13.1. The van der Waals surface area contributed by atoms with E-state index in [4.69, 9.17) is 14.2 Å². The van der Waals surface area contributed by atoms with Gasteiger partial charge in [-0.1, -0.05) is 48.5 Å². The molecule has 3 aromatic rings. The van der Waals surface area contributed by atoms with Gasteiger partial charge in [-0.25, -0.2) is 19.2 Å². The SMILES string of the molecule is CC(C)(C)OC(=O)N1CCN(C(=O)OC(C)(C)C)CCN(n2cc(C[C@H](NC(=O)OCC3c4ccccc4-c4ccccc43)C(=O)O)nn2)CC1. The number of rotatable bonds is 7. The van der Waals surface area contributed by atoms with E-state index in [2.05, 4.69) is 15.6 Å². The van der Waals surface area contributed by atoms with Gasteiger partial charge in [0.05, 0.1) is 25.0 Å². The van der Waals surface area contributed by atoms with Crippen LogP contribution < -0.4 is 10.3 Å². The minimum atomic E-state index is -1.34. The minimum Gasteiger partial charge on any atom is -0.480 e. The molecule has 3 amide bonds. The molecule has 2 heterocycles. The molecule has 1 atom stereocenters. The fourth-order valence-electron chi connectivity index (χ4n) is 5.98. The Bertz CT molecular complexity index is 1640. The first-order valence-corrected chi connectivity index (χ1v) is 17.0. The van der Waals surface area contributed by atoms with Gasteiger partial charge in [-0.2, -0.15) is 4.79 Å². The molecule has 51 heavy (non-hydrogen) atoms. The van der Waals surface area contributed by atoms with Crippen LogP contribution in [0.5, 0.6) is 0 Å². The Morgan fingerprint density at radius 2 is 1.29 bits per heavy atom.